The molecule has 24 heavy (non-hydrogen) atoms. The maximum atomic E-state index is 9.33. The summed E-state index contributed by atoms with van der Waals surface area (Å²) < 4.78 is 22.0. The number of hydrogen-bond acceptors (Lipinski definition) is 6. The summed E-state index contributed by atoms with van der Waals surface area (Å²) in [6.45, 7) is 13.8. The Balaban J connectivity index is 0.000000307. The summed E-state index contributed by atoms with van der Waals surface area (Å²) in [6.07, 6.45) is -1.59. The molecule has 0 aromatic rings. The summed E-state index contributed by atoms with van der Waals surface area (Å²) in [7, 11) is 0.105. The van der Waals surface area contributed by atoms with Crippen molar-refractivity contribution in [2.24, 2.45) is 0 Å². The van der Waals surface area contributed by atoms with E-state index in [1.807, 2.05) is 0 Å². The van der Waals surface area contributed by atoms with Gasteiger partial charge in [0, 0.05) is 7.11 Å². The Morgan fingerprint density at radius 3 is 1.88 bits per heavy atom. The van der Waals surface area contributed by atoms with Crippen molar-refractivity contribution in [2.75, 3.05) is 20.3 Å². The molecule has 0 radical (unpaired) electrons. The van der Waals surface area contributed by atoms with Gasteiger partial charge in [0.25, 0.3) is 0 Å². The molecule has 0 aromatic heterocycles. The quantitative estimate of drug-likeness (QED) is 0.575. The number of halogens is 1. The zero-order valence-electron chi connectivity index (χ0n) is 16.1. The normalized spacial score (nSPS) is 31.4. The predicted octanol–water partition coefficient (Wildman–Crippen LogP) is 2.46. The Hall–Kier alpha value is 0.267. The molecule has 0 saturated carbocycles. The van der Waals surface area contributed by atoms with E-state index in [0.29, 0.717) is 5.04 Å². The lowest BCUT2D eigenvalue weighted by molar-refractivity contribution is -0.254. The van der Waals surface area contributed by atoms with Gasteiger partial charge in [-0.05, 0) is 18.9 Å². The van der Waals surface area contributed by atoms with Gasteiger partial charge in [0.05, 0.1) is 13.2 Å². The SMILES string of the molecule is CC(C)(C)[Si](C)(C)Cl.CO[C@H]1[C@H]2OC(C)(C)O[C@H]2OC1(CO)CO. The first-order valence-electron chi connectivity index (χ1n) is 8.20. The fraction of sp³-hybridized carbons (Fsp3) is 1.00. The van der Waals surface area contributed by atoms with Crippen LogP contribution in [0.1, 0.15) is 34.6 Å². The van der Waals surface area contributed by atoms with Crippen molar-refractivity contribution in [1.82, 2.24) is 0 Å². The summed E-state index contributed by atoms with van der Waals surface area (Å²) in [5.41, 5.74) is -1.15. The minimum absolute atomic E-state index is 0.342. The third-order valence-corrected chi connectivity index (χ3v) is 10.1. The van der Waals surface area contributed by atoms with Crippen molar-refractivity contribution >= 4 is 18.5 Å². The van der Waals surface area contributed by atoms with Crippen molar-refractivity contribution < 1.29 is 29.2 Å². The summed E-state index contributed by atoms with van der Waals surface area (Å²) >= 11 is 6.15. The van der Waals surface area contributed by atoms with Crippen LogP contribution in [0.5, 0.6) is 0 Å². The number of methoxy groups -OCH3 is 1. The summed E-state index contributed by atoms with van der Waals surface area (Å²) in [5, 5.41) is 19.0. The third-order valence-electron chi connectivity index (χ3n) is 4.83. The zero-order valence-corrected chi connectivity index (χ0v) is 17.8. The van der Waals surface area contributed by atoms with Crippen LogP contribution in [0.15, 0.2) is 0 Å². The van der Waals surface area contributed by atoms with Gasteiger partial charge >= 0.3 is 0 Å². The number of rotatable bonds is 3. The molecular formula is C16H33ClO6Si. The van der Waals surface area contributed by atoms with E-state index in [-0.39, 0.29) is 13.2 Å². The van der Waals surface area contributed by atoms with Crippen molar-refractivity contribution in [3.05, 3.63) is 0 Å². The van der Waals surface area contributed by atoms with Crippen molar-refractivity contribution in [1.29, 1.82) is 0 Å². The summed E-state index contributed by atoms with van der Waals surface area (Å²) in [4.78, 5) is 0. The molecule has 6 nitrogen and oxygen atoms in total. The van der Waals surface area contributed by atoms with Gasteiger partial charge < -0.3 is 29.2 Å². The molecule has 0 unspecified atom stereocenters. The van der Waals surface area contributed by atoms with Gasteiger partial charge in [-0.3, -0.25) is 0 Å². The molecule has 2 N–H and O–H groups in total. The van der Waals surface area contributed by atoms with Crippen LogP contribution in [-0.4, -0.2) is 67.8 Å². The van der Waals surface area contributed by atoms with E-state index in [2.05, 4.69) is 33.9 Å². The van der Waals surface area contributed by atoms with Crippen molar-refractivity contribution in [3.8, 4) is 0 Å². The lowest BCUT2D eigenvalue weighted by atomic mass is 9.97. The van der Waals surface area contributed by atoms with E-state index in [9.17, 15) is 10.2 Å². The smallest absolute Gasteiger partial charge is 0.190 e. The molecule has 2 saturated heterocycles. The highest BCUT2D eigenvalue weighted by Gasteiger charge is 2.62. The molecule has 8 heteroatoms. The van der Waals surface area contributed by atoms with Crippen molar-refractivity contribution in [3.63, 3.8) is 0 Å². The van der Waals surface area contributed by atoms with Crippen LogP contribution in [0.25, 0.3) is 0 Å². The van der Waals surface area contributed by atoms with Crippen LogP contribution in [0.3, 0.4) is 0 Å². The number of aliphatic hydroxyl groups is 2. The molecule has 2 aliphatic heterocycles. The van der Waals surface area contributed by atoms with Crippen LogP contribution in [0.2, 0.25) is 18.1 Å². The highest BCUT2D eigenvalue weighted by atomic mass is 35.6. The molecule has 2 fully saturated rings. The minimum atomic E-state index is -1.39. The average Bonchev–Trinajstić information content (AvgIpc) is 2.85. The number of aliphatic hydroxyl groups excluding tert-OH is 2. The van der Waals surface area contributed by atoms with Gasteiger partial charge in [-0.1, -0.05) is 33.9 Å². The topological polar surface area (TPSA) is 77.4 Å². The maximum absolute atomic E-state index is 9.33. The Morgan fingerprint density at radius 1 is 1.08 bits per heavy atom. The first-order chi connectivity index (χ1) is 10.7. The minimum Gasteiger partial charge on any atom is -0.393 e. The van der Waals surface area contributed by atoms with Crippen LogP contribution in [-0.2, 0) is 18.9 Å². The molecule has 2 rings (SSSR count). The van der Waals surface area contributed by atoms with Gasteiger partial charge in [0.2, 0.25) is 0 Å². The molecular weight excluding hydrogens is 352 g/mol. The predicted molar refractivity (Wildman–Crippen MR) is 95.7 cm³/mol. The van der Waals surface area contributed by atoms with Gasteiger partial charge in [-0.2, -0.15) is 11.1 Å². The van der Waals surface area contributed by atoms with E-state index in [1.54, 1.807) is 13.8 Å². The van der Waals surface area contributed by atoms with E-state index in [1.165, 1.54) is 7.11 Å². The summed E-state index contributed by atoms with van der Waals surface area (Å²) in [5.74, 6) is -0.733. The van der Waals surface area contributed by atoms with E-state index < -0.39 is 37.3 Å². The second-order valence-electron chi connectivity index (χ2n) is 8.35. The van der Waals surface area contributed by atoms with Crippen molar-refractivity contribution in [2.45, 2.75) is 82.6 Å². The largest absolute Gasteiger partial charge is 0.393 e. The Labute approximate surface area is 151 Å². The van der Waals surface area contributed by atoms with Crippen LogP contribution in [0, 0.1) is 0 Å². The molecule has 0 aliphatic carbocycles. The van der Waals surface area contributed by atoms with Crippen LogP contribution < -0.4 is 0 Å². The molecule has 3 atom stereocenters. The molecule has 144 valence electrons. The van der Waals surface area contributed by atoms with Crippen LogP contribution >= 0.6 is 11.1 Å². The number of fused-ring (bicyclic) bond motifs is 1. The number of hydrogen-bond donors (Lipinski definition) is 2. The van der Waals surface area contributed by atoms with E-state index in [0.717, 1.165) is 0 Å². The highest BCUT2D eigenvalue weighted by molar-refractivity contribution is 7.20. The third kappa shape index (κ3) is 4.70. The zero-order chi connectivity index (χ0) is 19.0. The van der Waals surface area contributed by atoms with E-state index in [4.69, 9.17) is 30.0 Å². The van der Waals surface area contributed by atoms with Gasteiger partial charge in [0.1, 0.15) is 17.8 Å². The fourth-order valence-corrected chi connectivity index (χ4v) is 2.30. The van der Waals surface area contributed by atoms with E-state index >= 15 is 0 Å². The van der Waals surface area contributed by atoms with Gasteiger partial charge in [-0.25, -0.2) is 0 Å². The second-order valence-corrected chi connectivity index (χ2v) is 15.6. The molecule has 2 heterocycles. The lowest BCUT2D eigenvalue weighted by Crippen LogP contribution is -2.51. The Kier molecular flexibility index (Phi) is 6.95. The second kappa shape index (κ2) is 7.48. The average molecular weight is 385 g/mol. The van der Waals surface area contributed by atoms with Gasteiger partial charge in [0.15, 0.2) is 19.5 Å². The summed E-state index contributed by atoms with van der Waals surface area (Å²) in [6, 6.07) is 0. The Bertz CT molecular complexity index is 402. The first-order valence-corrected chi connectivity index (χ1v) is 12.2. The number of ether oxygens (including phenoxy) is 4. The molecule has 0 spiro atoms. The molecule has 0 aromatic carbocycles. The standard InChI is InChI=1S/C10H18O6.C6H15ClSi/c1-9(2)14-6-7(13-3)10(4-11,5-12)16-8(6)15-9;1-6(2,3)8(4,5)7/h6-8,11-12H,4-5H2,1-3H3;1-5H3/t6-,7+,8+;/m1./s1. The van der Waals surface area contributed by atoms with Gasteiger partial charge in [-0.15, -0.1) is 0 Å². The molecule has 0 bridgehead atoms. The lowest BCUT2D eigenvalue weighted by Gasteiger charge is -2.32. The first kappa shape index (κ1) is 22.3. The monoisotopic (exact) mass is 384 g/mol. The Morgan fingerprint density at radius 2 is 1.54 bits per heavy atom. The van der Waals surface area contributed by atoms with Crippen LogP contribution in [0.4, 0.5) is 0 Å². The maximum Gasteiger partial charge on any atom is 0.190 e. The fourth-order valence-electron chi connectivity index (χ4n) is 2.30. The molecule has 0 amide bonds. The molecule has 2 aliphatic rings. The highest BCUT2D eigenvalue weighted by Crippen LogP contribution is 2.43.